The molecule has 0 amide bonds. The second-order valence-electron chi connectivity index (χ2n) is 3.36. The van der Waals surface area contributed by atoms with Crippen LogP contribution in [0.4, 0.5) is 0 Å². The van der Waals surface area contributed by atoms with Crippen LogP contribution in [0.2, 0.25) is 0 Å². The van der Waals surface area contributed by atoms with Gasteiger partial charge >= 0.3 is 5.97 Å². The first-order valence-electron chi connectivity index (χ1n) is 4.65. The lowest BCUT2D eigenvalue weighted by Crippen LogP contribution is -2.26. The Labute approximate surface area is 85.4 Å². The fraction of sp³-hybridized carbons (Fsp3) is 0.889. The summed E-state index contributed by atoms with van der Waals surface area (Å²) in [5, 5.41) is 0. The average Bonchev–Trinajstić information content (AvgIpc) is 2.37. The molecule has 1 fully saturated rings. The lowest BCUT2D eigenvalue weighted by Gasteiger charge is -2.13. The minimum absolute atomic E-state index is 0. The Balaban J connectivity index is 0.00000144. The third-order valence-corrected chi connectivity index (χ3v) is 2.45. The van der Waals surface area contributed by atoms with E-state index in [2.05, 4.69) is 0 Å². The maximum absolute atomic E-state index is 11.1. The average molecular weight is 208 g/mol. The van der Waals surface area contributed by atoms with Crippen LogP contribution in [0.3, 0.4) is 0 Å². The second kappa shape index (κ2) is 6.22. The van der Waals surface area contributed by atoms with Gasteiger partial charge in [-0.05, 0) is 25.7 Å². The molecule has 0 spiro atoms. The van der Waals surface area contributed by atoms with E-state index in [0.717, 1.165) is 19.3 Å². The van der Waals surface area contributed by atoms with Crippen LogP contribution >= 0.6 is 12.4 Å². The van der Waals surface area contributed by atoms with Crippen LogP contribution in [-0.2, 0) is 9.53 Å². The third kappa shape index (κ3) is 3.96. The Bertz CT molecular complexity index is 164. The summed E-state index contributed by atoms with van der Waals surface area (Å²) in [6.45, 7) is 2.30. The zero-order chi connectivity index (χ0) is 8.97. The number of nitrogens with two attached hydrogens (primary N) is 1. The number of ether oxygens (including phenoxy) is 1. The molecule has 0 aromatic carbocycles. The van der Waals surface area contributed by atoms with E-state index in [-0.39, 0.29) is 24.4 Å². The van der Waals surface area contributed by atoms with E-state index in [1.807, 2.05) is 6.92 Å². The van der Waals surface area contributed by atoms with Crippen molar-refractivity contribution in [2.75, 3.05) is 6.61 Å². The summed E-state index contributed by atoms with van der Waals surface area (Å²) in [5.74, 6) is 0.267. The summed E-state index contributed by atoms with van der Waals surface area (Å²) in [6, 6.07) is 0.217. The van der Waals surface area contributed by atoms with Gasteiger partial charge in [0.1, 0.15) is 0 Å². The van der Waals surface area contributed by atoms with E-state index < -0.39 is 0 Å². The highest BCUT2D eigenvalue weighted by atomic mass is 35.5. The predicted molar refractivity (Wildman–Crippen MR) is 53.8 cm³/mol. The summed E-state index contributed by atoms with van der Waals surface area (Å²) in [4.78, 5) is 11.1. The molecule has 0 radical (unpaired) electrons. The smallest absolute Gasteiger partial charge is 0.306 e. The fourth-order valence-corrected chi connectivity index (χ4v) is 1.75. The zero-order valence-electron chi connectivity index (χ0n) is 7.99. The van der Waals surface area contributed by atoms with E-state index >= 15 is 0 Å². The molecule has 1 saturated carbocycles. The quantitative estimate of drug-likeness (QED) is 0.714. The predicted octanol–water partition coefficient (Wildman–Crippen LogP) is 1.49. The number of rotatable bonds is 3. The molecule has 0 aromatic rings. The van der Waals surface area contributed by atoms with E-state index in [9.17, 15) is 4.79 Å². The molecule has 4 heteroatoms. The highest BCUT2D eigenvalue weighted by Crippen LogP contribution is 2.26. The maximum Gasteiger partial charge on any atom is 0.306 e. The van der Waals surface area contributed by atoms with Crippen LogP contribution in [0.1, 0.15) is 32.6 Å². The van der Waals surface area contributed by atoms with Crippen LogP contribution < -0.4 is 5.73 Å². The molecule has 0 bridgehead atoms. The first-order valence-corrected chi connectivity index (χ1v) is 4.65. The molecule has 2 atom stereocenters. The molecule has 1 aliphatic rings. The summed E-state index contributed by atoms with van der Waals surface area (Å²) in [6.07, 6.45) is 3.81. The van der Waals surface area contributed by atoms with Crippen molar-refractivity contribution < 1.29 is 9.53 Å². The Morgan fingerprint density at radius 2 is 2.23 bits per heavy atom. The van der Waals surface area contributed by atoms with Crippen molar-refractivity contribution in [3.63, 3.8) is 0 Å². The molecule has 3 nitrogen and oxygen atoms in total. The molecule has 0 aliphatic heterocycles. The summed E-state index contributed by atoms with van der Waals surface area (Å²) < 4.78 is 4.86. The van der Waals surface area contributed by atoms with Crippen molar-refractivity contribution in [1.82, 2.24) is 0 Å². The van der Waals surface area contributed by atoms with Gasteiger partial charge < -0.3 is 10.5 Å². The highest BCUT2D eigenvalue weighted by molar-refractivity contribution is 5.85. The van der Waals surface area contributed by atoms with Crippen molar-refractivity contribution >= 4 is 18.4 Å². The molecule has 2 N–H and O–H groups in total. The van der Waals surface area contributed by atoms with E-state index in [1.165, 1.54) is 0 Å². The van der Waals surface area contributed by atoms with Crippen molar-refractivity contribution in [1.29, 1.82) is 0 Å². The Kier molecular flexibility index (Phi) is 6.08. The number of carbonyl (C=O) groups is 1. The van der Waals surface area contributed by atoms with Gasteiger partial charge in [0, 0.05) is 12.5 Å². The topological polar surface area (TPSA) is 52.3 Å². The van der Waals surface area contributed by atoms with Crippen molar-refractivity contribution in [3.8, 4) is 0 Å². The summed E-state index contributed by atoms with van der Waals surface area (Å²) >= 11 is 0. The molecule has 13 heavy (non-hydrogen) atoms. The van der Waals surface area contributed by atoms with E-state index in [1.54, 1.807) is 0 Å². The molecule has 0 aromatic heterocycles. The van der Waals surface area contributed by atoms with Gasteiger partial charge in [-0.1, -0.05) is 6.42 Å². The van der Waals surface area contributed by atoms with Gasteiger partial charge in [0.05, 0.1) is 6.61 Å². The van der Waals surface area contributed by atoms with Crippen LogP contribution in [0, 0.1) is 5.92 Å². The first-order chi connectivity index (χ1) is 5.74. The van der Waals surface area contributed by atoms with Crippen molar-refractivity contribution in [3.05, 3.63) is 0 Å². The number of halogens is 1. The Morgan fingerprint density at radius 3 is 2.69 bits per heavy atom. The normalized spacial score (nSPS) is 26.6. The molecular formula is C9H18ClNO2. The van der Waals surface area contributed by atoms with Gasteiger partial charge in [0.2, 0.25) is 0 Å². The number of hydrogen-bond donors (Lipinski definition) is 1. The lowest BCUT2D eigenvalue weighted by molar-refractivity contribution is -0.144. The SMILES string of the molecule is CCOC(=O)CC1CCCC1N.Cl. The minimum atomic E-state index is -0.0974. The Hall–Kier alpha value is -0.280. The molecular weight excluding hydrogens is 190 g/mol. The van der Waals surface area contributed by atoms with E-state index in [4.69, 9.17) is 10.5 Å². The zero-order valence-corrected chi connectivity index (χ0v) is 8.81. The first kappa shape index (κ1) is 12.7. The molecule has 2 unspecified atom stereocenters. The third-order valence-electron chi connectivity index (χ3n) is 2.45. The number of esters is 1. The summed E-state index contributed by atoms with van der Waals surface area (Å²) in [7, 11) is 0. The molecule has 0 saturated heterocycles. The summed E-state index contributed by atoms with van der Waals surface area (Å²) in [5.41, 5.74) is 5.82. The maximum atomic E-state index is 11.1. The Morgan fingerprint density at radius 1 is 1.54 bits per heavy atom. The van der Waals surface area contributed by atoms with Crippen LogP contribution in [0.5, 0.6) is 0 Å². The van der Waals surface area contributed by atoms with Gasteiger partial charge in [0.25, 0.3) is 0 Å². The van der Waals surface area contributed by atoms with Gasteiger partial charge in [-0.3, -0.25) is 4.79 Å². The molecule has 78 valence electrons. The van der Waals surface area contributed by atoms with Gasteiger partial charge in [-0.15, -0.1) is 12.4 Å². The highest BCUT2D eigenvalue weighted by Gasteiger charge is 2.26. The standard InChI is InChI=1S/C9H17NO2.ClH/c1-2-12-9(11)6-7-4-3-5-8(7)10;/h7-8H,2-6,10H2,1H3;1H. The van der Waals surface area contributed by atoms with Crippen molar-refractivity contribution in [2.45, 2.75) is 38.6 Å². The van der Waals surface area contributed by atoms with Crippen molar-refractivity contribution in [2.24, 2.45) is 11.7 Å². The van der Waals surface area contributed by atoms with Gasteiger partial charge in [-0.2, -0.15) is 0 Å². The fourth-order valence-electron chi connectivity index (χ4n) is 1.75. The monoisotopic (exact) mass is 207 g/mol. The molecule has 1 aliphatic carbocycles. The number of carbonyl (C=O) groups excluding carboxylic acids is 1. The van der Waals surface area contributed by atoms with Crippen LogP contribution in [0.15, 0.2) is 0 Å². The van der Waals surface area contributed by atoms with E-state index in [0.29, 0.717) is 18.9 Å². The van der Waals surface area contributed by atoms with Gasteiger partial charge in [-0.25, -0.2) is 0 Å². The second-order valence-corrected chi connectivity index (χ2v) is 3.36. The van der Waals surface area contributed by atoms with Crippen LogP contribution in [0.25, 0.3) is 0 Å². The minimum Gasteiger partial charge on any atom is -0.466 e. The largest absolute Gasteiger partial charge is 0.466 e. The lowest BCUT2D eigenvalue weighted by atomic mass is 10.0. The number of hydrogen-bond acceptors (Lipinski definition) is 3. The van der Waals surface area contributed by atoms with Crippen LogP contribution in [-0.4, -0.2) is 18.6 Å². The van der Waals surface area contributed by atoms with Gasteiger partial charge in [0.15, 0.2) is 0 Å². The molecule has 1 rings (SSSR count). The molecule has 0 heterocycles.